The van der Waals surface area contributed by atoms with E-state index in [0.717, 1.165) is 5.57 Å². The summed E-state index contributed by atoms with van der Waals surface area (Å²) in [4.78, 5) is 11.1. The maximum absolute atomic E-state index is 11.1. The molecule has 0 saturated heterocycles. The number of carbonyl (C=O) groups excluding carboxylic acids is 1. The zero-order chi connectivity index (χ0) is 9.14. The predicted octanol–water partition coefficient (Wildman–Crippen LogP) is -0.135. The van der Waals surface area contributed by atoms with Crippen LogP contribution in [0.4, 0.5) is 0 Å². The van der Waals surface area contributed by atoms with Gasteiger partial charge >= 0.3 is 0 Å². The highest BCUT2D eigenvalue weighted by atomic mass is 16.7. The second-order valence-corrected chi connectivity index (χ2v) is 2.67. The monoisotopic (exact) mass is 172 g/mol. The van der Waals surface area contributed by atoms with Crippen LogP contribution in [0.1, 0.15) is 6.92 Å². The van der Waals surface area contributed by atoms with Crippen LogP contribution in [-0.4, -0.2) is 37.0 Å². The molecular weight excluding hydrogens is 160 g/mol. The third-order valence-electron chi connectivity index (χ3n) is 1.73. The Balaban J connectivity index is 2.75. The van der Waals surface area contributed by atoms with E-state index in [1.165, 1.54) is 13.2 Å². The van der Waals surface area contributed by atoms with Gasteiger partial charge in [0.1, 0.15) is 6.10 Å². The smallest absolute Gasteiger partial charge is 0.187 e. The van der Waals surface area contributed by atoms with Crippen LogP contribution in [0.15, 0.2) is 11.6 Å². The first-order valence-corrected chi connectivity index (χ1v) is 3.70. The summed E-state index contributed by atoms with van der Waals surface area (Å²) in [5.41, 5.74) is 0.729. The largest absolute Gasteiger partial charge is 0.393 e. The van der Waals surface area contributed by atoms with Crippen molar-refractivity contribution < 1.29 is 19.4 Å². The zero-order valence-electron chi connectivity index (χ0n) is 7.11. The Morgan fingerprint density at radius 3 is 2.92 bits per heavy atom. The Hall–Kier alpha value is -0.710. The van der Waals surface area contributed by atoms with E-state index in [1.807, 2.05) is 0 Å². The maximum atomic E-state index is 11.1. The molecule has 4 nitrogen and oxygen atoms in total. The van der Waals surface area contributed by atoms with Gasteiger partial charge in [-0.25, -0.2) is 0 Å². The molecule has 0 spiro atoms. The van der Waals surface area contributed by atoms with Crippen molar-refractivity contribution in [1.82, 2.24) is 0 Å². The number of methoxy groups -OCH3 is 1. The lowest BCUT2D eigenvalue weighted by Crippen LogP contribution is -2.37. The van der Waals surface area contributed by atoms with E-state index in [-0.39, 0.29) is 12.4 Å². The van der Waals surface area contributed by atoms with Crippen molar-refractivity contribution in [3.8, 4) is 0 Å². The molecule has 4 heteroatoms. The van der Waals surface area contributed by atoms with Crippen LogP contribution < -0.4 is 0 Å². The van der Waals surface area contributed by atoms with Gasteiger partial charge in [0.15, 0.2) is 12.1 Å². The number of hydrogen-bond acceptors (Lipinski definition) is 4. The second-order valence-electron chi connectivity index (χ2n) is 2.67. The molecule has 0 aromatic carbocycles. The van der Waals surface area contributed by atoms with E-state index < -0.39 is 12.4 Å². The lowest BCUT2D eigenvalue weighted by molar-refractivity contribution is -0.164. The zero-order valence-corrected chi connectivity index (χ0v) is 7.11. The Kier molecular flexibility index (Phi) is 2.97. The van der Waals surface area contributed by atoms with Crippen molar-refractivity contribution in [3.63, 3.8) is 0 Å². The molecule has 0 fully saturated rings. The fourth-order valence-electron chi connectivity index (χ4n) is 1.08. The Bertz CT molecular complexity index is 209. The summed E-state index contributed by atoms with van der Waals surface area (Å²) in [5, 5.41) is 8.73. The normalized spacial score (nSPS) is 30.2. The molecule has 0 radical (unpaired) electrons. The molecule has 2 atom stereocenters. The van der Waals surface area contributed by atoms with Gasteiger partial charge in [0.25, 0.3) is 0 Å². The van der Waals surface area contributed by atoms with Crippen LogP contribution in [0, 0.1) is 0 Å². The molecule has 68 valence electrons. The number of carbonyl (C=O) groups is 1. The third-order valence-corrected chi connectivity index (χ3v) is 1.73. The molecule has 0 aromatic rings. The average Bonchev–Trinajstić information content (AvgIpc) is 2.05. The average molecular weight is 172 g/mol. The van der Waals surface area contributed by atoms with Crippen molar-refractivity contribution in [2.24, 2.45) is 0 Å². The first kappa shape index (κ1) is 9.38. The van der Waals surface area contributed by atoms with Crippen LogP contribution >= 0.6 is 0 Å². The number of aliphatic hydroxyl groups excluding tert-OH is 1. The van der Waals surface area contributed by atoms with E-state index in [1.54, 1.807) is 6.92 Å². The topological polar surface area (TPSA) is 55.8 Å². The van der Waals surface area contributed by atoms with Crippen molar-refractivity contribution in [1.29, 1.82) is 0 Å². The van der Waals surface area contributed by atoms with Gasteiger partial charge in [-0.3, -0.25) is 4.79 Å². The summed E-state index contributed by atoms with van der Waals surface area (Å²) in [6.07, 6.45) is 0.178. The maximum Gasteiger partial charge on any atom is 0.187 e. The summed E-state index contributed by atoms with van der Waals surface area (Å²) in [6, 6.07) is 0. The van der Waals surface area contributed by atoms with Crippen LogP contribution in [0.3, 0.4) is 0 Å². The number of ether oxygens (including phenoxy) is 2. The minimum absolute atomic E-state index is 0.205. The Labute approximate surface area is 70.8 Å². The van der Waals surface area contributed by atoms with Crippen LogP contribution in [0.5, 0.6) is 0 Å². The van der Waals surface area contributed by atoms with Gasteiger partial charge < -0.3 is 14.6 Å². The van der Waals surface area contributed by atoms with Crippen molar-refractivity contribution in [3.05, 3.63) is 11.6 Å². The summed E-state index contributed by atoms with van der Waals surface area (Å²) < 4.78 is 10.0. The first-order valence-electron chi connectivity index (χ1n) is 3.70. The SMILES string of the molecule is COC1OC(CO)C(=O)C=C1C. The summed E-state index contributed by atoms with van der Waals surface area (Å²) >= 11 is 0. The lowest BCUT2D eigenvalue weighted by Gasteiger charge is -2.25. The van der Waals surface area contributed by atoms with E-state index in [9.17, 15) is 4.79 Å². The molecule has 0 amide bonds. The first-order chi connectivity index (χ1) is 5.69. The van der Waals surface area contributed by atoms with Gasteiger partial charge in [-0.2, -0.15) is 0 Å². The molecule has 12 heavy (non-hydrogen) atoms. The molecule has 1 rings (SSSR count). The van der Waals surface area contributed by atoms with Gasteiger partial charge in [-0.15, -0.1) is 0 Å². The summed E-state index contributed by atoms with van der Waals surface area (Å²) in [6.45, 7) is 1.45. The highest BCUT2D eigenvalue weighted by molar-refractivity contribution is 5.95. The molecule has 1 aliphatic rings. The second kappa shape index (κ2) is 3.80. The molecule has 0 aliphatic carbocycles. The Morgan fingerprint density at radius 1 is 1.75 bits per heavy atom. The fourth-order valence-corrected chi connectivity index (χ4v) is 1.08. The minimum atomic E-state index is -0.765. The number of aliphatic hydroxyl groups is 1. The highest BCUT2D eigenvalue weighted by Crippen LogP contribution is 2.16. The Morgan fingerprint density at radius 2 is 2.42 bits per heavy atom. The van der Waals surface area contributed by atoms with E-state index in [2.05, 4.69) is 0 Å². The molecule has 0 aromatic heterocycles. The molecule has 1 heterocycles. The van der Waals surface area contributed by atoms with E-state index in [0.29, 0.717) is 0 Å². The van der Waals surface area contributed by atoms with E-state index in [4.69, 9.17) is 14.6 Å². The number of rotatable bonds is 2. The van der Waals surface area contributed by atoms with Crippen LogP contribution in [0.25, 0.3) is 0 Å². The quantitative estimate of drug-likeness (QED) is 0.630. The lowest BCUT2D eigenvalue weighted by atomic mass is 10.1. The van der Waals surface area contributed by atoms with Gasteiger partial charge in [-0.05, 0) is 18.6 Å². The minimum Gasteiger partial charge on any atom is -0.393 e. The van der Waals surface area contributed by atoms with Crippen LogP contribution in [-0.2, 0) is 14.3 Å². The fraction of sp³-hybridized carbons (Fsp3) is 0.625. The molecule has 1 N–H and O–H groups in total. The summed E-state index contributed by atoms with van der Waals surface area (Å²) in [7, 11) is 1.49. The molecule has 0 saturated carbocycles. The van der Waals surface area contributed by atoms with Crippen molar-refractivity contribution in [2.45, 2.75) is 19.3 Å². The molecule has 2 unspecified atom stereocenters. The van der Waals surface area contributed by atoms with Gasteiger partial charge in [-0.1, -0.05) is 0 Å². The van der Waals surface area contributed by atoms with Crippen molar-refractivity contribution in [2.75, 3.05) is 13.7 Å². The number of ketones is 1. The highest BCUT2D eigenvalue weighted by Gasteiger charge is 2.27. The third kappa shape index (κ3) is 1.72. The molecule has 1 aliphatic heterocycles. The molecule has 0 bridgehead atoms. The van der Waals surface area contributed by atoms with E-state index >= 15 is 0 Å². The predicted molar refractivity (Wildman–Crippen MR) is 41.5 cm³/mol. The summed E-state index contributed by atoms with van der Waals surface area (Å²) in [5.74, 6) is -0.205. The van der Waals surface area contributed by atoms with Crippen LogP contribution in [0.2, 0.25) is 0 Å². The molecular formula is C8H12O4. The van der Waals surface area contributed by atoms with Gasteiger partial charge in [0.2, 0.25) is 0 Å². The van der Waals surface area contributed by atoms with Crippen molar-refractivity contribution >= 4 is 5.78 Å². The number of hydrogen-bond donors (Lipinski definition) is 1. The standard InChI is InChI=1S/C8H12O4/c1-5-3-6(10)7(4-9)12-8(5)11-2/h3,7-9H,4H2,1-2H3. The van der Waals surface area contributed by atoms with Gasteiger partial charge in [0.05, 0.1) is 6.61 Å². The van der Waals surface area contributed by atoms with Gasteiger partial charge in [0, 0.05) is 7.11 Å².